The van der Waals surface area contributed by atoms with Gasteiger partial charge in [0.1, 0.15) is 0 Å². The molecular weight excluding hydrogens is 402 g/mol. The normalized spacial score (nSPS) is 11.8. The second-order valence-corrected chi connectivity index (χ2v) is 9.16. The molecule has 0 saturated carbocycles. The summed E-state index contributed by atoms with van der Waals surface area (Å²) >= 11 is 0. The summed E-state index contributed by atoms with van der Waals surface area (Å²) in [6, 6.07) is 26.6. The summed E-state index contributed by atoms with van der Waals surface area (Å²) in [6.45, 7) is 9.06. The van der Waals surface area contributed by atoms with Crippen molar-refractivity contribution < 1.29 is 0 Å². The lowest BCUT2D eigenvalue weighted by atomic mass is 9.93. The van der Waals surface area contributed by atoms with Crippen LogP contribution in [0.4, 0.5) is 17.1 Å². The Labute approximate surface area is 201 Å². The highest BCUT2D eigenvalue weighted by Gasteiger charge is 2.18. The maximum absolute atomic E-state index is 3.79. The molecule has 0 bridgehead atoms. The zero-order valence-electron chi connectivity index (χ0n) is 21.1. The van der Waals surface area contributed by atoms with E-state index in [1.807, 2.05) is 0 Å². The standard InChI is InChI=1S/C30H41N3/c1-6-8-21-33(22-9-7-2)28-19-20-29(24(3)23-28)30(31-26-13-11-10-12-14-26)25-15-17-27(18-16-25)32(4)5/h10-20,23,30-31H,6-9,21-22H2,1-5H3. The third-order valence-electron chi connectivity index (χ3n) is 6.32. The highest BCUT2D eigenvalue weighted by atomic mass is 15.1. The highest BCUT2D eigenvalue weighted by molar-refractivity contribution is 5.57. The molecule has 0 radical (unpaired) electrons. The van der Waals surface area contributed by atoms with E-state index >= 15 is 0 Å². The number of hydrogen-bond acceptors (Lipinski definition) is 3. The van der Waals surface area contributed by atoms with Crippen LogP contribution in [0.15, 0.2) is 72.8 Å². The molecule has 1 N–H and O–H groups in total. The van der Waals surface area contributed by atoms with Crippen LogP contribution in [0.2, 0.25) is 0 Å². The third-order valence-corrected chi connectivity index (χ3v) is 6.32. The molecule has 0 fully saturated rings. The molecule has 1 unspecified atom stereocenters. The predicted octanol–water partition coefficient (Wildman–Crippen LogP) is 7.67. The molecule has 3 heteroatoms. The van der Waals surface area contributed by atoms with Crippen molar-refractivity contribution in [3.05, 3.63) is 89.5 Å². The number of rotatable bonds is 12. The number of aryl methyl sites for hydroxylation is 1. The van der Waals surface area contributed by atoms with Crippen LogP contribution in [-0.4, -0.2) is 27.2 Å². The van der Waals surface area contributed by atoms with Crippen LogP contribution in [0.1, 0.15) is 62.3 Å². The molecule has 0 saturated heterocycles. The van der Waals surface area contributed by atoms with Crippen molar-refractivity contribution in [3.63, 3.8) is 0 Å². The zero-order chi connectivity index (χ0) is 23.6. The molecule has 1 atom stereocenters. The Kier molecular flexibility index (Phi) is 9.24. The van der Waals surface area contributed by atoms with Crippen LogP contribution in [0, 0.1) is 6.92 Å². The Morgan fingerprint density at radius 3 is 1.91 bits per heavy atom. The summed E-state index contributed by atoms with van der Waals surface area (Å²) in [7, 11) is 4.17. The van der Waals surface area contributed by atoms with E-state index < -0.39 is 0 Å². The molecule has 0 heterocycles. The van der Waals surface area contributed by atoms with Gasteiger partial charge in [0.25, 0.3) is 0 Å². The summed E-state index contributed by atoms with van der Waals surface area (Å²) in [5.41, 5.74) is 7.62. The molecule has 3 aromatic rings. The minimum Gasteiger partial charge on any atom is -0.378 e. The van der Waals surface area contributed by atoms with E-state index in [0.717, 1.165) is 18.8 Å². The van der Waals surface area contributed by atoms with Crippen molar-refractivity contribution in [1.82, 2.24) is 0 Å². The van der Waals surface area contributed by atoms with E-state index in [1.165, 1.54) is 53.7 Å². The van der Waals surface area contributed by atoms with Gasteiger partial charge >= 0.3 is 0 Å². The molecule has 0 spiro atoms. The van der Waals surface area contributed by atoms with Gasteiger partial charge in [0, 0.05) is 44.2 Å². The van der Waals surface area contributed by atoms with E-state index in [-0.39, 0.29) is 6.04 Å². The van der Waals surface area contributed by atoms with Gasteiger partial charge < -0.3 is 15.1 Å². The van der Waals surface area contributed by atoms with Gasteiger partial charge in [-0.2, -0.15) is 0 Å². The minimum absolute atomic E-state index is 0.0948. The first-order chi connectivity index (χ1) is 16.0. The van der Waals surface area contributed by atoms with E-state index in [1.54, 1.807) is 0 Å². The van der Waals surface area contributed by atoms with Crippen molar-refractivity contribution in [2.24, 2.45) is 0 Å². The number of benzene rings is 3. The zero-order valence-corrected chi connectivity index (χ0v) is 21.1. The average molecular weight is 444 g/mol. The fourth-order valence-electron chi connectivity index (χ4n) is 4.26. The van der Waals surface area contributed by atoms with Gasteiger partial charge in [-0.15, -0.1) is 0 Å². The maximum Gasteiger partial charge on any atom is 0.0770 e. The number of nitrogens with zero attached hydrogens (tertiary/aromatic N) is 2. The number of anilines is 3. The molecule has 0 aliphatic heterocycles. The molecule has 3 aromatic carbocycles. The molecule has 0 aliphatic carbocycles. The second-order valence-electron chi connectivity index (χ2n) is 9.16. The summed E-state index contributed by atoms with van der Waals surface area (Å²) in [5.74, 6) is 0. The van der Waals surface area contributed by atoms with Crippen LogP contribution in [0.5, 0.6) is 0 Å². The highest BCUT2D eigenvalue weighted by Crippen LogP contribution is 2.32. The van der Waals surface area contributed by atoms with Crippen LogP contribution >= 0.6 is 0 Å². The Morgan fingerprint density at radius 1 is 0.758 bits per heavy atom. The van der Waals surface area contributed by atoms with Crippen molar-refractivity contribution in [1.29, 1.82) is 0 Å². The molecule has 3 nitrogen and oxygen atoms in total. The molecule has 0 aliphatic rings. The first-order valence-corrected chi connectivity index (χ1v) is 12.5. The van der Waals surface area contributed by atoms with Gasteiger partial charge in [0.05, 0.1) is 6.04 Å². The quantitative estimate of drug-likeness (QED) is 0.310. The number of unbranched alkanes of at least 4 members (excludes halogenated alkanes) is 2. The predicted molar refractivity (Wildman–Crippen MR) is 146 cm³/mol. The fourth-order valence-corrected chi connectivity index (χ4v) is 4.26. The maximum atomic E-state index is 3.79. The molecular formula is C30H41N3. The Morgan fingerprint density at radius 2 is 1.36 bits per heavy atom. The van der Waals surface area contributed by atoms with E-state index in [9.17, 15) is 0 Å². The summed E-state index contributed by atoms with van der Waals surface area (Å²) in [6.07, 6.45) is 4.93. The van der Waals surface area contributed by atoms with E-state index in [2.05, 4.69) is 123 Å². The summed E-state index contributed by atoms with van der Waals surface area (Å²) in [4.78, 5) is 4.71. The first-order valence-electron chi connectivity index (χ1n) is 12.5. The summed E-state index contributed by atoms with van der Waals surface area (Å²) < 4.78 is 0. The van der Waals surface area contributed by atoms with E-state index in [4.69, 9.17) is 0 Å². The Balaban J connectivity index is 1.95. The largest absolute Gasteiger partial charge is 0.378 e. The smallest absolute Gasteiger partial charge is 0.0770 e. The Hall–Kier alpha value is -2.94. The lowest BCUT2D eigenvalue weighted by Gasteiger charge is -2.28. The van der Waals surface area contributed by atoms with Crippen molar-refractivity contribution >= 4 is 17.1 Å². The van der Waals surface area contributed by atoms with Crippen LogP contribution < -0.4 is 15.1 Å². The molecule has 176 valence electrons. The molecule has 33 heavy (non-hydrogen) atoms. The van der Waals surface area contributed by atoms with Crippen LogP contribution in [0.3, 0.4) is 0 Å². The SMILES string of the molecule is CCCCN(CCCC)c1ccc(C(Nc2ccccc2)c2ccc(N(C)C)cc2)c(C)c1. The number of hydrogen-bond donors (Lipinski definition) is 1. The minimum atomic E-state index is 0.0948. The van der Waals surface area contributed by atoms with E-state index in [0.29, 0.717) is 0 Å². The van der Waals surface area contributed by atoms with Crippen molar-refractivity contribution in [2.75, 3.05) is 42.3 Å². The number of para-hydroxylation sites is 1. The second kappa shape index (κ2) is 12.3. The molecule has 3 rings (SSSR count). The fraction of sp³-hybridized carbons (Fsp3) is 0.400. The lowest BCUT2D eigenvalue weighted by Crippen LogP contribution is -2.26. The van der Waals surface area contributed by atoms with Gasteiger partial charge in [0.15, 0.2) is 0 Å². The first kappa shape index (κ1) is 24.7. The monoisotopic (exact) mass is 443 g/mol. The van der Waals surface area contributed by atoms with Crippen LogP contribution in [-0.2, 0) is 0 Å². The van der Waals surface area contributed by atoms with Crippen molar-refractivity contribution in [3.8, 4) is 0 Å². The average Bonchev–Trinajstić information content (AvgIpc) is 2.83. The topological polar surface area (TPSA) is 18.5 Å². The lowest BCUT2D eigenvalue weighted by molar-refractivity contribution is 0.677. The van der Waals surface area contributed by atoms with Gasteiger partial charge in [-0.1, -0.05) is 63.1 Å². The summed E-state index contributed by atoms with van der Waals surface area (Å²) in [5, 5.41) is 3.79. The van der Waals surface area contributed by atoms with Crippen LogP contribution in [0.25, 0.3) is 0 Å². The molecule has 0 aromatic heterocycles. The van der Waals surface area contributed by atoms with Gasteiger partial charge in [-0.25, -0.2) is 0 Å². The number of nitrogens with one attached hydrogen (secondary N) is 1. The third kappa shape index (κ3) is 6.77. The molecule has 0 amide bonds. The van der Waals surface area contributed by atoms with Gasteiger partial charge in [-0.3, -0.25) is 0 Å². The van der Waals surface area contributed by atoms with Gasteiger partial charge in [-0.05, 0) is 72.9 Å². The van der Waals surface area contributed by atoms with Gasteiger partial charge in [0.2, 0.25) is 0 Å². The van der Waals surface area contributed by atoms with Crippen molar-refractivity contribution in [2.45, 2.75) is 52.5 Å². The Bertz CT molecular complexity index is 956.